The lowest BCUT2D eigenvalue weighted by molar-refractivity contribution is 0.0469. The van der Waals surface area contributed by atoms with E-state index in [2.05, 4.69) is 10.2 Å². The van der Waals surface area contributed by atoms with Crippen LogP contribution in [-0.2, 0) is 11.3 Å². The summed E-state index contributed by atoms with van der Waals surface area (Å²) < 4.78 is 18.8. The SMILES string of the molecule is N#Cc1ccc(COC(=O)c2ccc3cn[nH]c3c2)c(F)c1. The van der Waals surface area contributed by atoms with Gasteiger partial charge in [-0.2, -0.15) is 10.4 Å². The number of carbonyl (C=O) groups excluding carboxylic acids is 1. The van der Waals surface area contributed by atoms with Crippen molar-refractivity contribution in [1.82, 2.24) is 10.2 Å². The molecular weight excluding hydrogens is 285 g/mol. The summed E-state index contributed by atoms with van der Waals surface area (Å²) in [7, 11) is 0. The molecule has 5 nitrogen and oxygen atoms in total. The molecule has 0 saturated heterocycles. The van der Waals surface area contributed by atoms with Crippen LogP contribution in [0.3, 0.4) is 0 Å². The van der Waals surface area contributed by atoms with Crippen molar-refractivity contribution in [3.63, 3.8) is 0 Å². The number of nitriles is 1. The minimum absolute atomic E-state index is 0.197. The van der Waals surface area contributed by atoms with E-state index in [-0.39, 0.29) is 17.7 Å². The molecule has 2 aromatic carbocycles. The van der Waals surface area contributed by atoms with E-state index in [0.717, 1.165) is 17.0 Å². The summed E-state index contributed by atoms with van der Waals surface area (Å²) >= 11 is 0. The maximum atomic E-state index is 13.7. The number of H-pyrrole nitrogens is 1. The van der Waals surface area contributed by atoms with Crippen LogP contribution in [0.5, 0.6) is 0 Å². The highest BCUT2D eigenvalue weighted by Crippen LogP contribution is 2.15. The highest BCUT2D eigenvalue weighted by atomic mass is 19.1. The number of aromatic amines is 1. The van der Waals surface area contributed by atoms with Crippen LogP contribution >= 0.6 is 0 Å². The predicted molar refractivity (Wildman–Crippen MR) is 76.3 cm³/mol. The zero-order valence-electron chi connectivity index (χ0n) is 11.3. The Balaban J connectivity index is 1.73. The van der Waals surface area contributed by atoms with Crippen LogP contribution in [0.2, 0.25) is 0 Å². The first-order chi connectivity index (χ1) is 10.7. The van der Waals surface area contributed by atoms with Crippen molar-refractivity contribution in [2.24, 2.45) is 0 Å². The molecule has 22 heavy (non-hydrogen) atoms. The molecule has 0 saturated carbocycles. The van der Waals surface area contributed by atoms with Crippen molar-refractivity contribution in [1.29, 1.82) is 5.26 Å². The number of fused-ring (bicyclic) bond motifs is 1. The van der Waals surface area contributed by atoms with Gasteiger partial charge in [0.25, 0.3) is 0 Å². The highest BCUT2D eigenvalue weighted by Gasteiger charge is 2.11. The van der Waals surface area contributed by atoms with E-state index in [0.29, 0.717) is 5.56 Å². The van der Waals surface area contributed by atoms with Gasteiger partial charge in [0, 0.05) is 10.9 Å². The molecule has 0 fully saturated rings. The fraction of sp³-hybridized carbons (Fsp3) is 0.0625. The number of benzene rings is 2. The number of ether oxygens (including phenoxy) is 1. The Bertz CT molecular complexity index is 896. The number of halogens is 1. The molecule has 0 spiro atoms. The van der Waals surface area contributed by atoms with E-state index in [9.17, 15) is 9.18 Å². The zero-order chi connectivity index (χ0) is 15.5. The summed E-state index contributed by atoms with van der Waals surface area (Å²) in [6, 6.07) is 10.9. The van der Waals surface area contributed by atoms with E-state index in [1.54, 1.807) is 24.4 Å². The summed E-state index contributed by atoms with van der Waals surface area (Å²) in [6.07, 6.45) is 1.65. The Morgan fingerprint density at radius 3 is 2.95 bits per heavy atom. The van der Waals surface area contributed by atoms with Crippen molar-refractivity contribution < 1.29 is 13.9 Å². The number of esters is 1. The van der Waals surface area contributed by atoms with Crippen molar-refractivity contribution >= 4 is 16.9 Å². The largest absolute Gasteiger partial charge is 0.457 e. The Kier molecular flexibility index (Phi) is 3.54. The number of aromatic nitrogens is 2. The first-order valence-electron chi connectivity index (χ1n) is 6.46. The van der Waals surface area contributed by atoms with Gasteiger partial charge in [-0.3, -0.25) is 5.10 Å². The van der Waals surface area contributed by atoms with Gasteiger partial charge in [-0.05, 0) is 24.3 Å². The first kappa shape index (κ1) is 13.8. The molecule has 1 aromatic heterocycles. The molecule has 3 rings (SSSR count). The Morgan fingerprint density at radius 1 is 1.32 bits per heavy atom. The maximum absolute atomic E-state index is 13.7. The minimum Gasteiger partial charge on any atom is -0.457 e. The van der Waals surface area contributed by atoms with E-state index < -0.39 is 11.8 Å². The molecule has 108 valence electrons. The standard InChI is InChI=1S/C16H10FN3O2/c17-14-5-10(7-18)1-2-13(14)9-22-16(21)11-3-4-12-8-19-20-15(12)6-11/h1-6,8H,9H2,(H,19,20). The molecule has 0 bridgehead atoms. The van der Waals surface area contributed by atoms with E-state index in [1.165, 1.54) is 12.1 Å². The predicted octanol–water partition coefficient (Wildman–Crippen LogP) is 2.93. The van der Waals surface area contributed by atoms with Crippen molar-refractivity contribution in [3.8, 4) is 6.07 Å². The minimum atomic E-state index is -0.573. The van der Waals surface area contributed by atoms with Crippen LogP contribution in [0.25, 0.3) is 10.9 Å². The van der Waals surface area contributed by atoms with Gasteiger partial charge in [-0.25, -0.2) is 9.18 Å². The molecule has 0 amide bonds. The number of nitrogens with zero attached hydrogens (tertiary/aromatic N) is 2. The van der Waals surface area contributed by atoms with Gasteiger partial charge in [0.2, 0.25) is 0 Å². The number of rotatable bonds is 3. The molecule has 0 aliphatic rings. The second-order valence-corrected chi connectivity index (χ2v) is 4.67. The maximum Gasteiger partial charge on any atom is 0.338 e. The summed E-state index contributed by atoms with van der Waals surface area (Å²) in [6.45, 7) is -0.197. The third-order valence-corrected chi connectivity index (χ3v) is 3.22. The molecule has 0 aliphatic heterocycles. The Labute approximate surface area is 124 Å². The molecule has 1 heterocycles. The van der Waals surface area contributed by atoms with Crippen molar-refractivity contribution in [3.05, 3.63) is 65.1 Å². The Hall–Kier alpha value is -3.20. The third-order valence-electron chi connectivity index (χ3n) is 3.22. The normalized spacial score (nSPS) is 10.4. The summed E-state index contributed by atoms with van der Waals surface area (Å²) in [4.78, 5) is 12.0. The van der Waals surface area contributed by atoms with Crippen LogP contribution in [0.1, 0.15) is 21.5 Å². The average Bonchev–Trinajstić information content (AvgIpc) is 3.00. The van der Waals surface area contributed by atoms with Gasteiger partial charge < -0.3 is 4.74 Å². The molecule has 0 aliphatic carbocycles. The lowest BCUT2D eigenvalue weighted by Gasteiger charge is -2.06. The summed E-state index contributed by atoms with van der Waals surface area (Å²) in [5, 5.41) is 16.2. The van der Waals surface area contributed by atoms with E-state index >= 15 is 0 Å². The average molecular weight is 295 g/mol. The number of carbonyl (C=O) groups is 1. The van der Waals surface area contributed by atoms with E-state index in [1.807, 2.05) is 6.07 Å². The van der Waals surface area contributed by atoms with Crippen molar-refractivity contribution in [2.75, 3.05) is 0 Å². The second-order valence-electron chi connectivity index (χ2n) is 4.67. The van der Waals surface area contributed by atoms with Crippen molar-refractivity contribution in [2.45, 2.75) is 6.61 Å². The van der Waals surface area contributed by atoms with Crippen LogP contribution in [0, 0.1) is 17.1 Å². The fourth-order valence-corrected chi connectivity index (χ4v) is 2.02. The van der Waals surface area contributed by atoms with Gasteiger partial charge in [-0.1, -0.05) is 12.1 Å². The van der Waals surface area contributed by atoms with Gasteiger partial charge in [-0.15, -0.1) is 0 Å². The quantitative estimate of drug-likeness (QED) is 0.753. The number of hydrogen-bond acceptors (Lipinski definition) is 4. The van der Waals surface area contributed by atoms with Crippen LogP contribution in [0.15, 0.2) is 42.6 Å². The fourth-order valence-electron chi connectivity index (χ4n) is 2.02. The second kappa shape index (κ2) is 5.66. The third kappa shape index (κ3) is 2.65. The van der Waals surface area contributed by atoms with Crippen LogP contribution in [0.4, 0.5) is 4.39 Å². The van der Waals surface area contributed by atoms with Gasteiger partial charge in [0.05, 0.1) is 28.9 Å². The molecule has 0 atom stereocenters. The molecule has 0 unspecified atom stereocenters. The smallest absolute Gasteiger partial charge is 0.338 e. The number of hydrogen-bond donors (Lipinski definition) is 1. The van der Waals surface area contributed by atoms with Gasteiger partial charge in [0.1, 0.15) is 12.4 Å². The van der Waals surface area contributed by atoms with E-state index in [4.69, 9.17) is 10.00 Å². The monoisotopic (exact) mass is 295 g/mol. The van der Waals surface area contributed by atoms with Crippen LogP contribution < -0.4 is 0 Å². The van der Waals surface area contributed by atoms with Crippen LogP contribution in [-0.4, -0.2) is 16.2 Å². The van der Waals surface area contributed by atoms with Gasteiger partial charge >= 0.3 is 5.97 Å². The molecule has 3 aromatic rings. The first-order valence-corrected chi connectivity index (χ1v) is 6.46. The topological polar surface area (TPSA) is 78.8 Å². The zero-order valence-corrected chi connectivity index (χ0v) is 11.3. The molecule has 1 N–H and O–H groups in total. The molecule has 6 heteroatoms. The Morgan fingerprint density at radius 2 is 2.18 bits per heavy atom. The molecule has 0 radical (unpaired) electrons. The number of nitrogens with one attached hydrogen (secondary N) is 1. The highest BCUT2D eigenvalue weighted by molar-refractivity contribution is 5.94. The lowest BCUT2D eigenvalue weighted by Crippen LogP contribution is -2.06. The molecular formula is C16H10FN3O2. The summed E-state index contributed by atoms with van der Waals surface area (Å²) in [5.41, 5.74) is 1.51. The van der Waals surface area contributed by atoms with Gasteiger partial charge in [0.15, 0.2) is 0 Å². The lowest BCUT2D eigenvalue weighted by atomic mass is 10.1. The summed E-state index contributed by atoms with van der Waals surface area (Å²) in [5.74, 6) is -1.13.